The van der Waals surface area contributed by atoms with E-state index in [4.69, 9.17) is 5.11 Å². The number of benzene rings is 1. The van der Waals surface area contributed by atoms with E-state index in [0.717, 1.165) is 23.8 Å². The molecule has 0 aliphatic rings. The van der Waals surface area contributed by atoms with Crippen LogP contribution >= 0.6 is 11.3 Å². The van der Waals surface area contributed by atoms with Crippen molar-refractivity contribution in [1.82, 2.24) is 0 Å². The Morgan fingerprint density at radius 2 is 2.10 bits per heavy atom. The first kappa shape index (κ1) is 14.9. The van der Waals surface area contributed by atoms with Crippen LogP contribution in [-0.2, 0) is 4.79 Å². The van der Waals surface area contributed by atoms with Crippen molar-refractivity contribution in [2.75, 3.05) is 5.32 Å². The summed E-state index contributed by atoms with van der Waals surface area (Å²) in [4.78, 5) is 23.0. The van der Waals surface area contributed by atoms with Crippen LogP contribution in [0.5, 0.6) is 0 Å². The normalized spacial score (nSPS) is 10.8. The van der Waals surface area contributed by atoms with Gasteiger partial charge in [0.25, 0.3) is 5.91 Å². The molecule has 4 nitrogen and oxygen atoms in total. The number of anilines is 1. The lowest BCUT2D eigenvalue weighted by atomic mass is 10.1. The molecule has 21 heavy (non-hydrogen) atoms. The topological polar surface area (TPSA) is 66.4 Å². The van der Waals surface area contributed by atoms with Crippen molar-refractivity contribution >= 4 is 35.0 Å². The molecule has 6 heteroatoms. The zero-order valence-electron chi connectivity index (χ0n) is 11.1. The summed E-state index contributed by atoms with van der Waals surface area (Å²) in [5.41, 5.74) is 1.32. The fourth-order valence-electron chi connectivity index (χ4n) is 1.69. The van der Waals surface area contributed by atoms with E-state index in [-0.39, 0.29) is 11.5 Å². The second-order valence-electron chi connectivity index (χ2n) is 4.29. The molecule has 0 radical (unpaired) electrons. The number of aliphatic carboxylic acids is 1. The third-order valence-electron chi connectivity index (χ3n) is 2.73. The molecule has 0 saturated carbocycles. The molecule has 0 bridgehead atoms. The smallest absolute Gasteiger partial charge is 0.328 e. The Morgan fingerprint density at radius 1 is 1.33 bits per heavy atom. The van der Waals surface area contributed by atoms with Gasteiger partial charge in [-0.25, -0.2) is 9.18 Å². The minimum atomic E-state index is -1.15. The molecule has 2 N–H and O–H groups in total. The van der Waals surface area contributed by atoms with Gasteiger partial charge in [0, 0.05) is 17.3 Å². The summed E-state index contributed by atoms with van der Waals surface area (Å²) in [6.07, 6.45) is 2.01. The van der Waals surface area contributed by atoms with Crippen molar-refractivity contribution in [3.8, 4) is 0 Å². The number of hydrogen-bond donors (Lipinski definition) is 2. The molecule has 0 saturated heterocycles. The van der Waals surface area contributed by atoms with Crippen molar-refractivity contribution in [2.24, 2.45) is 0 Å². The second-order valence-corrected chi connectivity index (χ2v) is 5.21. The number of nitrogens with one attached hydrogen (secondary N) is 1. The van der Waals surface area contributed by atoms with E-state index in [1.165, 1.54) is 23.5 Å². The minimum absolute atomic E-state index is 0.141. The number of carboxylic acid groups (broad SMARTS) is 1. The maximum absolute atomic E-state index is 13.8. The number of carbonyl (C=O) groups is 2. The maximum Gasteiger partial charge on any atom is 0.328 e. The van der Waals surface area contributed by atoms with Crippen molar-refractivity contribution in [3.63, 3.8) is 0 Å². The predicted molar refractivity (Wildman–Crippen MR) is 80.1 cm³/mol. The summed E-state index contributed by atoms with van der Waals surface area (Å²) < 4.78 is 13.8. The highest BCUT2D eigenvalue weighted by Gasteiger charge is 2.11. The largest absolute Gasteiger partial charge is 0.478 e. The summed E-state index contributed by atoms with van der Waals surface area (Å²) in [5, 5.41) is 12.9. The van der Waals surface area contributed by atoms with E-state index >= 15 is 0 Å². The number of aryl methyl sites for hydroxylation is 1. The van der Waals surface area contributed by atoms with Crippen LogP contribution in [0.4, 0.5) is 10.1 Å². The van der Waals surface area contributed by atoms with E-state index in [1.54, 1.807) is 0 Å². The van der Waals surface area contributed by atoms with Gasteiger partial charge in [-0.3, -0.25) is 4.79 Å². The first-order valence-electron chi connectivity index (χ1n) is 6.03. The predicted octanol–water partition coefficient (Wildman–Crippen LogP) is 3.55. The van der Waals surface area contributed by atoms with Crippen LogP contribution < -0.4 is 5.32 Å². The highest BCUT2D eigenvalue weighted by Crippen LogP contribution is 2.20. The molecule has 1 amide bonds. The van der Waals surface area contributed by atoms with Crippen LogP contribution in [0.2, 0.25) is 0 Å². The van der Waals surface area contributed by atoms with Gasteiger partial charge in [-0.1, -0.05) is 0 Å². The molecule has 1 aromatic carbocycles. The molecule has 0 spiro atoms. The van der Waals surface area contributed by atoms with Gasteiger partial charge in [0.05, 0.1) is 4.88 Å². The zero-order chi connectivity index (χ0) is 15.4. The van der Waals surface area contributed by atoms with Crippen LogP contribution in [0.1, 0.15) is 20.8 Å². The van der Waals surface area contributed by atoms with Crippen LogP contribution in [-0.4, -0.2) is 17.0 Å². The van der Waals surface area contributed by atoms with Gasteiger partial charge in [0.15, 0.2) is 0 Å². The molecule has 0 aliphatic carbocycles. The standard InChI is InChI=1S/C15H12FNO3S/c1-9-6-7-21-14(9)15(20)17-11-4-2-10(12(16)8-11)3-5-13(18)19/h2-8H,1H3,(H,17,20)(H,18,19). The summed E-state index contributed by atoms with van der Waals surface area (Å²) >= 11 is 1.31. The Labute approximate surface area is 124 Å². The fourth-order valence-corrected chi connectivity index (χ4v) is 2.51. The van der Waals surface area contributed by atoms with Gasteiger partial charge in [0.2, 0.25) is 0 Å². The Hall–Kier alpha value is -2.47. The second kappa shape index (κ2) is 6.32. The first-order chi connectivity index (χ1) is 9.97. The number of halogens is 1. The van der Waals surface area contributed by atoms with Crippen molar-refractivity contribution < 1.29 is 19.1 Å². The van der Waals surface area contributed by atoms with Crippen LogP contribution in [0.25, 0.3) is 6.08 Å². The molecule has 0 atom stereocenters. The average Bonchev–Trinajstić information content (AvgIpc) is 2.84. The van der Waals surface area contributed by atoms with Crippen molar-refractivity contribution in [2.45, 2.75) is 6.92 Å². The molecular weight excluding hydrogens is 293 g/mol. The van der Waals surface area contributed by atoms with Crippen LogP contribution in [0.3, 0.4) is 0 Å². The summed E-state index contributed by atoms with van der Waals surface area (Å²) in [5.74, 6) is -2.05. The Bertz CT molecular complexity index is 721. The third kappa shape index (κ3) is 3.76. The lowest BCUT2D eigenvalue weighted by molar-refractivity contribution is -0.131. The first-order valence-corrected chi connectivity index (χ1v) is 6.91. The van der Waals surface area contributed by atoms with Crippen LogP contribution in [0.15, 0.2) is 35.7 Å². The minimum Gasteiger partial charge on any atom is -0.478 e. The molecule has 0 fully saturated rings. The van der Waals surface area contributed by atoms with Crippen molar-refractivity contribution in [3.05, 3.63) is 57.5 Å². The maximum atomic E-state index is 13.8. The highest BCUT2D eigenvalue weighted by atomic mass is 32.1. The van der Waals surface area contributed by atoms with E-state index in [2.05, 4.69) is 5.32 Å². The lowest BCUT2D eigenvalue weighted by Crippen LogP contribution is -2.11. The van der Waals surface area contributed by atoms with Gasteiger partial charge in [-0.15, -0.1) is 11.3 Å². The third-order valence-corrected chi connectivity index (χ3v) is 3.75. The molecule has 108 valence electrons. The molecule has 2 aromatic rings. The SMILES string of the molecule is Cc1ccsc1C(=O)Nc1ccc(C=CC(=O)O)c(F)c1. The van der Waals surface area contributed by atoms with E-state index < -0.39 is 11.8 Å². The zero-order valence-corrected chi connectivity index (χ0v) is 11.9. The quantitative estimate of drug-likeness (QED) is 0.849. The number of amides is 1. The molecule has 2 rings (SSSR count). The summed E-state index contributed by atoms with van der Waals surface area (Å²) in [6.45, 7) is 1.83. The number of carboxylic acids is 1. The molecule has 0 unspecified atom stereocenters. The molecule has 1 heterocycles. The molecule has 1 aromatic heterocycles. The van der Waals surface area contributed by atoms with Gasteiger partial charge in [-0.05, 0) is 48.2 Å². The molecular formula is C15H12FNO3S. The van der Waals surface area contributed by atoms with Crippen LogP contribution in [0, 0.1) is 12.7 Å². The Kier molecular flexibility index (Phi) is 4.49. The average molecular weight is 305 g/mol. The number of thiophene rings is 1. The monoisotopic (exact) mass is 305 g/mol. The van der Waals surface area contributed by atoms with E-state index in [1.807, 2.05) is 18.4 Å². The van der Waals surface area contributed by atoms with Gasteiger partial charge in [-0.2, -0.15) is 0 Å². The van der Waals surface area contributed by atoms with E-state index in [9.17, 15) is 14.0 Å². The van der Waals surface area contributed by atoms with Crippen molar-refractivity contribution in [1.29, 1.82) is 0 Å². The highest BCUT2D eigenvalue weighted by molar-refractivity contribution is 7.12. The Morgan fingerprint density at radius 3 is 2.67 bits per heavy atom. The fraction of sp³-hybridized carbons (Fsp3) is 0.0667. The number of carbonyl (C=O) groups excluding carboxylic acids is 1. The summed E-state index contributed by atoms with van der Waals surface area (Å²) in [6, 6.07) is 5.92. The van der Waals surface area contributed by atoms with Gasteiger partial charge >= 0.3 is 5.97 Å². The van der Waals surface area contributed by atoms with Gasteiger partial charge < -0.3 is 10.4 Å². The summed E-state index contributed by atoms with van der Waals surface area (Å²) in [7, 11) is 0. The lowest BCUT2D eigenvalue weighted by Gasteiger charge is -2.06. The molecule has 0 aliphatic heterocycles. The van der Waals surface area contributed by atoms with E-state index in [0.29, 0.717) is 10.6 Å². The number of hydrogen-bond acceptors (Lipinski definition) is 3. The van der Waals surface area contributed by atoms with Gasteiger partial charge in [0.1, 0.15) is 5.82 Å². The Balaban J connectivity index is 2.15. The number of rotatable bonds is 4.